The largest absolute Gasteiger partial charge is 0.495 e. The Morgan fingerprint density at radius 2 is 1.93 bits per heavy atom. The zero-order valence-corrected chi connectivity index (χ0v) is 17.7. The van der Waals surface area contributed by atoms with Crippen LogP contribution in [0.5, 0.6) is 5.75 Å². The minimum Gasteiger partial charge on any atom is -0.495 e. The van der Waals surface area contributed by atoms with Crippen molar-refractivity contribution in [3.63, 3.8) is 0 Å². The van der Waals surface area contributed by atoms with E-state index in [1.54, 1.807) is 24.3 Å². The van der Waals surface area contributed by atoms with Crippen molar-refractivity contribution in [2.24, 2.45) is 10.9 Å². The molecular formula is C21H25N3O4S. The van der Waals surface area contributed by atoms with Crippen molar-refractivity contribution in [3.05, 3.63) is 53.6 Å². The van der Waals surface area contributed by atoms with E-state index in [0.29, 0.717) is 23.4 Å². The molecule has 0 unspecified atom stereocenters. The Bertz CT molecular complexity index is 1060. The van der Waals surface area contributed by atoms with Crippen molar-refractivity contribution in [2.75, 3.05) is 12.4 Å². The highest BCUT2D eigenvalue weighted by atomic mass is 32.2. The number of nitrogens with zero attached hydrogens (tertiary/aromatic N) is 1. The van der Waals surface area contributed by atoms with E-state index in [1.807, 2.05) is 32.9 Å². The van der Waals surface area contributed by atoms with Gasteiger partial charge in [0, 0.05) is 5.56 Å². The molecule has 1 heterocycles. The highest BCUT2D eigenvalue weighted by Gasteiger charge is 2.32. The van der Waals surface area contributed by atoms with Gasteiger partial charge in [-0.15, -0.1) is 0 Å². The van der Waals surface area contributed by atoms with E-state index >= 15 is 0 Å². The maximum Gasteiger partial charge on any atom is 0.263 e. The highest BCUT2D eigenvalue weighted by Crippen LogP contribution is 2.27. The molecule has 154 valence electrons. The summed E-state index contributed by atoms with van der Waals surface area (Å²) in [5.74, 6) is 0.603. The van der Waals surface area contributed by atoms with Crippen molar-refractivity contribution in [3.8, 4) is 5.75 Å². The van der Waals surface area contributed by atoms with Crippen molar-refractivity contribution in [1.29, 1.82) is 0 Å². The first-order valence-corrected chi connectivity index (χ1v) is 10.8. The lowest BCUT2D eigenvalue weighted by Crippen LogP contribution is -2.31. The van der Waals surface area contributed by atoms with Crippen LogP contribution in [0.3, 0.4) is 0 Å². The number of anilines is 1. The summed E-state index contributed by atoms with van der Waals surface area (Å²) in [6.45, 7) is 5.89. The van der Waals surface area contributed by atoms with Gasteiger partial charge >= 0.3 is 0 Å². The maximum atomic E-state index is 13.0. The fourth-order valence-electron chi connectivity index (χ4n) is 3.19. The number of ether oxygens (including phenoxy) is 1. The number of carbonyl (C=O) groups is 1. The quantitative estimate of drug-likeness (QED) is 0.758. The second-order valence-electron chi connectivity index (χ2n) is 7.42. The lowest BCUT2D eigenvalue weighted by atomic mass is 10.0. The summed E-state index contributed by atoms with van der Waals surface area (Å²) in [7, 11) is -2.12. The molecule has 8 heteroatoms. The third kappa shape index (κ3) is 4.59. The van der Waals surface area contributed by atoms with Gasteiger partial charge in [0.1, 0.15) is 17.6 Å². The van der Waals surface area contributed by atoms with Crippen LogP contribution in [0.15, 0.2) is 52.4 Å². The van der Waals surface area contributed by atoms with Crippen LogP contribution in [0, 0.1) is 12.8 Å². The number of methoxy groups -OCH3 is 1. The molecule has 2 aromatic carbocycles. The van der Waals surface area contributed by atoms with E-state index in [2.05, 4.69) is 15.0 Å². The molecule has 2 N–H and O–H groups in total. The minimum atomic E-state index is -3.66. The summed E-state index contributed by atoms with van der Waals surface area (Å²) < 4.78 is 32.5. The Balaban J connectivity index is 1.95. The predicted octanol–water partition coefficient (Wildman–Crippen LogP) is 3.10. The van der Waals surface area contributed by atoms with Gasteiger partial charge in [-0.05, 0) is 49.1 Å². The van der Waals surface area contributed by atoms with Crippen molar-refractivity contribution < 1.29 is 17.9 Å². The average Bonchev–Trinajstić information content (AvgIpc) is 2.92. The van der Waals surface area contributed by atoms with Gasteiger partial charge in [0.15, 0.2) is 0 Å². The van der Waals surface area contributed by atoms with Gasteiger partial charge in [-0.1, -0.05) is 32.0 Å². The molecule has 0 radical (unpaired) electrons. The van der Waals surface area contributed by atoms with E-state index in [0.717, 1.165) is 5.56 Å². The fraction of sp³-hybridized carbons (Fsp3) is 0.333. The van der Waals surface area contributed by atoms with Gasteiger partial charge in [0.05, 0.1) is 17.7 Å². The zero-order valence-electron chi connectivity index (χ0n) is 16.9. The Hall–Kier alpha value is -2.87. The molecule has 29 heavy (non-hydrogen) atoms. The average molecular weight is 416 g/mol. The monoisotopic (exact) mass is 415 g/mol. The summed E-state index contributed by atoms with van der Waals surface area (Å²) in [6.07, 6.45) is 0.466. The number of hydrogen-bond donors (Lipinski definition) is 2. The Kier molecular flexibility index (Phi) is 5.93. The molecule has 0 aliphatic carbocycles. The maximum absolute atomic E-state index is 13.0. The third-order valence-electron chi connectivity index (χ3n) is 4.56. The van der Waals surface area contributed by atoms with Gasteiger partial charge < -0.3 is 10.1 Å². The standard InChI is InChI=1S/C21H25N3O4S/c1-13(2)11-17(21(25)23-16-12-14(3)9-10-18(16)28-4)22-20-15-7-5-6-8-19(15)29(26,27)24-20/h5-10,12-13,17H,11H2,1-4H3,(H,22,24)(H,23,25)/t17-/m0/s1. The van der Waals surface area contributed by atoms with Crippen LogP contribution in [0.4, 0.5) is 5.69 Å². The van der Waals surface area contributed by atoms with E-state index in [-0.39, 0.29) is 22.6 Å². The molecular weight excluding hydrogens is 390 g/mol. The topological polar surface area (TPSA) is 96.9 Å². The lowest BCUT2D eigenvalue weighted by Gasteiger charge is -2.17. The van der Waals surface area contributed by atoms with Crippen molar-refractivity contribution in [2.45, 2.75) is 38.1 Å². The fourth-order valence-corrected chi connectivity index (χ4v) is 4.43. The molecule has 3 rings (SSSR count). The van der Waals surface area contributed by atoms with Crippen LogP contribution in [-0.2, 0) is 14.8 Å². The summed E-state index contributed by atoms with van der Waals surface area (Å²) >= 11 is 0. The first-order chi connectivity index (χ1) is 13.7. The molecule has 0 saturated heterocycles. The first kappa shape index (κ1) is 20.9. The molecule has 0 saturated carbocycles. The second kappa shape index (κ2) is 8.24. The lowest BCUT2D eigenvalue weighted by molar-refractivity contribution is -0.117. The van der Waals surface area contributed by atoms with Crippen molar-refractivity contribution >= 4 is 27.5 Å². The minimum absolute atomic E-state index is 0.169. The Morgan fingerprint density at radius 1 is 1.21 bits per heavy atom. The number of fused-ring (bicyclic) bond motifs is 1. The van der Waals surface area contributed by atoms with Gasteiger partial charge in [-0.3, -0.25) is 14.5 Å². The van der Waals surface area contributed by atoms with E-state index in [4.69, 9.17) is 4.74 Å². The molecule has 1 aliphatic heterocycles. The number of hydrogen-bond acceptors (Lipinski definition) is 5. The number of rotatable bonds is 6. The smallest absolute Gasteiger partial charge is 0.263 e. The van der Waals surface area contributed by atoms with Crippen LogP contribution in [0.2, 0.25) is 0 Å². The molecule has 0 fully saturated rings. The summed E-state index contributed by atoms with van der Waals surface area (Å²) in [6, 6.07) is 11.3. The van der Waals surface area contributed by atoms with Crippen LogP contribution in [0.1, 0.15) is 31.4 Å². The number of sulfonamides is 1. The summed E-state index contributed by atoms with van der Waals surface area (Å²) in [5, 5.41) is 2.88. The van der Waals surface area contributed by atoms with Gasteiger partial charge in [-0.25, -0.2) is 8.42 Å². The van der Waals surface area contributed by atoms with Crippen LogP contribution >= 0.6 is 0 Å². The number of amides is 1. The van der Waals surface area contributed by atoms with Crippen LogP contribution in [-0.4, -0.2) is 33.3 Å². The highest BCUT2D eigenvalue weighted by molar-refractivity contribution is 7.90. The molecule has 1 atom stereocenters. The third-order valence-corrected chi connectivity index (χ3v) is 5.95. The first-order valence-electron chi connectivity index (χ1n) is 9.37. The van der Waals surface area contributed by atoms with E-state index in [9.17, 15) is 13.2 Å². The summed E-state index contributed by atoms with van der Waals surface area (Å²) in [5.41, 5.74) is 2.01. The van der Waals surface area contributed by atoms with E-state index in [1.165, 1.54) is 13.2 Å². The predicted molar refractivity (Wildman–Crippen MR) is 113 cm³/mol. The Labute approximate surface area is 171 Å². The van der Waals surface area contributed by atoms with Crippen molar-refractivity contribution in [1.82, 2.24) is 4.72 Å². The van der Waals surface area contributed by atoms with Gasteiger partial charge in [0.2, 0.25) is 5.91 Å². The van der Waals surface area contributed by atoms with Crippen LogP contribution in [0.25, 0.3) is 0 Å². The molecule has 0 spiro atoms. The number of nitrogens with one attached hydrogen (secondary N) is 2. The van der Waals surface area contributed by atoms with Gasteiger partial charge in [0.25, 0.3) is 10.0 Å². The van der Waals surface area contributed by atoms with E-state index < -0.39 is 16.1 Å². The number of aryl methyl sites for hydroxylation is 1. The number of amidine groups is 1. The van der Waals surface area contributed by atoms with Gasteiger partial charge in [-0.2, -0.15) is 0 Å². The molecule has 1 aliphatic rings. The SMILES string of the molecule is COc1ccc(C)cc1NC(=O)[C@H](CC(C)C)N=C1NS(=O)(=O)c2ccccc21. The molecule has 7 nitrogen and oxygen atoms in total. The number of benzene rings is 2. The normalized spacial score (nSPS) is 16.9. The zero-order chi connectivity index (χ0) is 21.2. The number of carbonyl (C=O) groups excluding carboxylic acids is 1. The second-order valence-corrected chi connectivity index (χ2v) is 9.07. The molecule has 2 aromatic rings. The summed E-state index contributed by atoms with van der Waals surface area (Å²) in [4.78, 5) is 17.7. The molecule has 0 aromatic heterocycles. The Morgan fingerprint density at radius 3 is 2.62 bits per heavy atom. The molecule has 0 bridgehead atoms. The molecule has 1 amide bonds. The van der Waals surface area contributed by atoms with Crippen LogP contribution < -0.4 is 14.8 Å². The number of aliphatic imine (C=N–C) groups is 1.